The maximum atomic E-state index is 6.15. The number of halogens is 1. The molecule has 2 aromatic carbocycles. The van der Waals surface area contributed by atoms with Crippen LogP contribution < -0.4 is 0 Å². The molecule has 0 spiro atoms. The molecule has 2 nitrogen and oxygen atoms in total. The van der Waals surface area contributed by atoms with Crippen molar-refractivity contribution >= 4 is 22.6 Å². The van der Waals surface area contributed by atoms with Crippen LogP contribution in [-0.4, -0.2) is 9.55 Å². The van der Waals surface area contributed by atoms with E-state index < -0.39 is 0 Å². The van der Waals surface area contributed by atoms with E-state index in [1.54, 1.807) is 0 Å². The fourth-order valence-electron chi connectivity index (χ4n) is 2.03. The second kappa shape index (κ2) is 3.90. The van der Waals surface area contributed by atoms with Crippen molar-refractivity contribution in [1.29, 1.82) is 0 Å². The van der Waals surface area contributed by atoms with E-state index >= 15 is 0 Å². The quantitative estimate of drug-likeness (QED) is 0.633. The lowest BCUT2D eigenvalue weighted by atomic mass is 10.2. The predicted molar refractivity (Wildman–Crippen MR) is 71.2 cm³/mol. The van der Waals surface area contributed by atoms with Crippen LogP contribution in [0, 0.1) is 0 Å². The molecular weight excluding hydrogens is 232 g/mol. The third kappa shape index (κ3) is 1.61. The van der Waals surface area contributed by atoms with E-state index in [2.05, 4.69) is 21.7 Å². The molecule has 0 atom stereocenters. The number of para-hydroxylation sites is 1. The molecule has 3 aromatic rings. The van der Waals surface area contributed by atoms with Crippen LogP contribution in [0.1, 0.15) is 0 Å². The fourth-order valence-corrected chi connectivity index (χ4v) is 2.24. The minimum atomic E-state index is 0.695. The van der Waals surface area contributed by atoms with Crippen molar-refractivity contribution in [2.45, 2.75) is 0 Å². The van der Waals surface area contributed by atoms with Gasteiger partial charge < -0.3 is 4.57 Å². The van der Waals surface area contributed by atoms with E-state index in [4.69, 9.17) is 11.6 Å². The van der Waals surface area contributed by atoms with Gasteiger partial charge in [-0.15, -0.1) is 0 Å². The lowest BCUT2D eigenvalue weighted by Gasteiger charge is -2.01. The molecule has 0 aliphatic rings. The first-order valence-corrected chi connectivity index (χ1v) is 5.81. The van der Waals surface area contributed by atoms with Crippen molar-refractivity contribution < 1.29 is 0 Å². The summed E-state index contributed by atoms with van der Waals surface area (Å²) in [7, 11) is 2.01. The molecule has 0 unspecified atom stereocenters. The van der Waals surface area contributed by atoms with Crippen molar-refractivity contribution in [1.82, 2.24) is 9.55 Å². The Morgan fingerprint density at radius 1 is 1.00 bits per heavy atom. The van der Waals surface area contributed by atoms with E-state index in [0.29, 0.717) is 5.02 Å². The van der Waals surface area contributed by atoms with Gasteiger partial charge in [0.25, 0.3) is 0 Å². The highest BCUT2D eigenvalue weighted by Gasteiger charge is 2.10. The first-order valence-electron chi connectivity index (χ1n) is 5.44. The van der Waals surface area contributed by atoms with Crippen LogP contribution >= 0.6 is 11.6 Å². The molecular formula is C14H11ClN2. The Morgan fingerprint density at radius 2 is 1.76 bits per heavy atom. The van der Waals surface area contributed by atoms with Crippen molar-refractivity contribution in [3.8, 4) is 11.4 Å². The Kier molecular flexibility index (Phi) is 2.37. The summed E-state index contributed by atoms with van der Waals surface area (Å²) in [6.07, 6.45) is 0. The van der Waals surface area contributed by atoms with Crippen LogP contribution in [0.5, 0.6) is 0 Å². The van der Waals surface area contributed by atoms with E-state index in [1.165, 1.54) is 0 Å². The molecule has 0 saturated carbocycles. The van der Waals surface area contributed by atoms with Gasteiger partial charge in [0.15, 0.2) is 0 Å². The van der Waals surface area contributed by atoms with E-state index in [1.807, 2.05) is 43.4 Å². The van der Waals surface area contributed by atoms with Crippen molar-refractivity contribution in [2.75, 3.05) is 0 Å². The largest absolute Gasteiger partial charge is 0.327 e. The number of aryl methyl sites for hydroxylation is 1. The Bertz CT molecular complexity index is 671. The first-order chi connectivity index (χ1) is 8.27. The average Bonchev–Trinajstić information content (AvgIpc) is 2.70. The molecule has 0 aliphatic carbocycles. The summed E-state index contributed by atoms with van der Waals surface area (Å²) in [4.78, 5) is 4.61. The number of hydrogen-bond donors (Lipinski definition) is 0. The molecule has 0 fully saturated rings. The number of benzene rings is 2. The third-order valence-corrected chi connectivity index (χ3v) is 3.20. The van der Waals surface area contributed by atoms with Crippen LogP contribution in [0.15, 0.2) is 48.5 Å². The Morgan fingerprint density at radius 3 is 2.47 bits per heavy atom. The molecule has 0 N–H and O–H groups in total. The molecule has 84 valence electrons. The van der Waals surface area contributed by atoms with Crippen LogP contribution in [0.3, 0.4) is 0 Å². The maximum Gasteiger partial charge on any atom is 0.140 e. The highest BCUT2D eigenvalue weighted by molar-refractivity contribution is 6.35. The third-order valence-electron chi connectivity index (χ3n) is 2.89. The second-order valence-corrected chi connectivity index (χ2v) is 4.38. The number of fused-ring (bicyclic) bond motifs is 1. The number of aromatic nitrogens is 2. The lowest BCUT2D eigenvalue weighted by Crippen LogP contribution is -1.91. The van der Waals surface area contributed by atoms with Gasteiger partial charge in [0.05, 0.1) is 10.5 Å². The monoisotopic (exact) mass is 242 g/mol. The zero-order valence-electron chi connectivity index (χ0n) is 9.39. The standard InChI is InChI=1S/C14H11ClN2/c1-17-12-9-5-8-11(15)13(12)16-14(17)10-6-3-2-4-7-10/h2-9H,1H3. The highest BCUT2D eigenvalue weighted by atomic mass is 35.5. The zero-order chi connectivity index (χ0) is 11.8. The van der Waals surface area contributed by atoms with Crippen LogP contribution in [0.25, 0.3) is 22.4 Å². The maximum absolute atomic E-state index is 6.15. The van der Waals surface area contributed by atoms with E-state index in [-0.39, 0.29) is 0 Å². The lowest BCUT2D eigenvalue weighted by molar-refractivity contribution is 0.959. The molecule has 0 radical (unpaired) electrons. The summed E-state index contributed by atoms with van der Waals surface area (Å²) < 4.78 is 2.07. The Balaban J connectivity index is 2.32. The normalized spacial score (nSPS) is 10.9. The van der Waals surface area contributed by atoms with Crippen LogP contribution in [0.4, 0.5) is 0 Å². The number of nitrogens with zero attached hydrogens (tertiary/aromatic N) is 2. The molecule has 3 rings (SSSR count). The fraction of sp³-hybridized carbons (Fsp3) is 0.0714. The molecule has 0 amide bonds. The SMILES string of the molecule is Cn1c(-c2ccccc2)nc2c(Cl)cccc21. The molecule has 0 bridgehead atoms. The summed E-state index contributed by atoms with van der Waals surface area (Å²) in [5.41, 5.74) is 3.01. The Labute approximate surface area is 104 Å². The van der Waals surface area contributed by atoms with Gasteiger partial charge >= 0.3 is 0 Å². The van der Waals surface area contributed by atoms with Gasteiger partial charge in [-0.3, -0.25) is 0 Å². The molecule has 17 heavy (non-hydrogen) atoms. The van der Waals surface area contributed by atoms with Crippen molar-refractivity contribution in [3.05, 3.63) is 53.6 Å². The van der Waals surface area contributed by atoms with Gasteiger partial charge in [0.1, 0.15) is 11.3 Å². The summed E-state index contributed by atoms with van der Waals surface area (Å²) in [5.74, 6) is 0.939. The van der Waals surface area contributed by atoms with Crippen LogP contribution in [-0.2, 0) is 7.05 Å². The minimum absolute atomic E-state index is 0.695. The topological polar surface area (TPSA) is 17.8 Å². The second-order valence-electron chi connectivity index (χ2n) is 3.97. The van der Waals surface area contributed by atoms with Gasteiger partial charge in [0, 0.05) is 12.6 Å². The summed E-state index contributed by atoms with van der Waals surface area (Å²) in [5, 5.41) is 0.695. The van der Waals surface area contributed by atoms with Gasteiger partial charge in [0.2, 0.25) is 0 Å². The first kappa shape index (κ1) is 10.4. The number of rotatable bonds is 1. The number of imidazole rings is 1. The van der Waals surface area contributed by atoms with Gasteiger partial charge in [-0.25, -0.2) is 4.98 Å². The predicted octanol–water partition coefficient (Wildman–Crippen LogP) is 3.89. The Hall–Kier alpha value is -1.80. The number of hydrogen-bond acceptors (Lipinski definition) is 1. The highest BCUT2D eigenvalue weighted by Crippen LogP contribution is 2.27. The van der Waals surface area contributed by atoms with Crippen molar-refractivity contribution in [2.24, 2.45) is 7.05 Å². The molecule has 0 saturated heterocycles. The van der Waals surface area contributed by atoms with Gasteiger partial charge in [-0.1, -0.05) is 48.0 Å². The zero-order valence-corrected chi connectivity index (χ0v) is 10.1. The van der Waals surface area contributed by atoms with Gasteiger partial charge in [-0.2, -0.15) is 0 Å². The van der Waals surface area contributed by atoms with E-state index in [0.717, 1.165) is 22.4 Å². The summed E-state index contributed by atoms with van der Waals surface area (Å²) in [6.45, 7) is 0. The molecule has 1 heterocycles. The molecule has 1 aromatic heterocycles. The molecule has 3 heteroatoms. The molecule has 0 aliphatic heterocycles. The smallest absolute Gasteiger partial charge is 0.140 e. The van der Waals surface area contributed by atoms with Crippen molar-refractivity contribution in [3.63, 3.8) is 0 Å². The summed E-state index contributed by atoms with van der Waals surface area (Å²) >= 11 is 6.15. The van der Waals surface area contributed by atoms with Gasteiger partial charge in [-0.05, 0) is 12.1 Å². The summed E-state index contributed by atoms with van der Waals surface area (Å²) in [6, 6.07) is 16.0. The minimum Gasteiger partial charge on any atom is -0.327 e. The van der Waals surface area contributed by atoms with Crippen LogP contribution in [0.2, 0.25) is 5.02 Å². The van der Waals surface area contributed by atoms with E-state index in [9.17, 15) is 0 Å². The average molecular weight is 243 g/mol.